The zero-order valence-electron chi connectivity index (χ0n) is 71.5. The number of phenols is 1. The molecule has 24 N–H and O–H groups in total. The first-order valence-electron chi connectivity index (χ1n) is 42.6. The number of aliphatic carboxylic acids is 1. The standard InChI is InChI=1S/C88H102N22O21/c1-3-44(2)73-83(126)103-62(8-6-29-94-85(92)93)81(124)104-64-35-47(74(90)117)9-10-48(64)43-130-66-21-13-50(38-59(66)79(122)105-73)98-70(114)42-96-77(120)46-25-32-110(33-26-46)88-107-86(99-51-11-16-54(57(36-51)84(127)128)72-55-17-14-52(111)39-67(55)131-68-40-53(112)15-18-56(68)72)106-87(108-88)109-30-23-45(24-31-109)76(119)95-41-69(113)97-49-12-20-65-58(37-49)78(121)101-63(19-22-71(115)116)82(125)102-61(7-4-5-28-89)80(123)100-60(75(91)118)27-34-129-65/h9-18,20-21,35-40,44-46,60-63,73,111H,3-8,19,22-34,41-43,89H2,1-2H3,(H2,90,117)(H2,91,118)(H,95,119)(H,96,120)(H,97,113)(H,98,114)(H,100,123)(H,101,121)(H,102,125)(H,103,126)(H,104,124)(H,105,122)(H,115,116)(H,127,128)(H4,92,93,94)(H,99,106,107,108)/t44-,60-,61-,62-,63-,73-/m0/s1. The molecule has 12 amide bonds. The summed E-state index contributed by atoms with van der Waals surface area (Å²) in [6.45, 7) is 3.15. The quantitative estimate of drug-likeness (QED) is 0.0139. The van der Waals surface area contributed by atoms with E-state index in [0.29, 0.717) is 41.3 Å². The number of amides is 12. The number of phenolic OH excluding ortho intramolecular Hbond substituents is 1. The zero-order chi connectivity index (χ0) is 93.9. The largest absolute Gasteiger partial charge is 0.508 e. The molecule has 6 aliphatic rings. The minimum Gasteiger partial charge on any atom is -0.508 e. The molecule has 6 heterocycles. The third kappa shape index (κ3) is 24.6. The number of primary amides is 2. The van der Waals surface area contributed by atoms with Crippen molar-refractivity contribution in [2.45, 2.75) is 134 Å². The van der Waals surface area contributed by atoms with Gasteiger partial charge in [-0.05, 0) is 167 Å². The summed E-state index contributed by atoms with van der Waals surface area (Å²) < 4.78 is 18.2. The first-order chi connectivity index (χ1) is 62.8. The minimum atomic E-state index is -1.51. The molecule has 0 radical (unpaired) electrons. The van der Waals surface area contributed by atoms with Gasteiger partial charge >= 0.3 is 11.9 Å². The Morgan fingerprint density at radius 2 is 1.18 bits per heavy atom. The number of piperidine rings is 2. The molecular weight excluding hydrogens is 1700 g/mol. The van der Waals surface area contributed by atoms with Gasteiger partial charge in [-0.3, -0.25) is 72.5 Å². The number of carboxylic acids is 2. The third-order valence-electron chi connectivity index (χ3n) is 22.8. The normalized spacial score (nSPS) is 18.0. The average molecular weight is 1800 g/mol. The molecule has 0 bridgehead atoms. The number of carbonyl (C=O) groups is 14. The van der Waals surface area contributed by atoms with Gasteiger partial charge in [-0.1, -0.05) is 32.4 Å². The summed E-state index contributed by atoms with van der Waals surface area (Å²) in [4.78, 5) is 221. The van der Waals surface area contributed by atoms with Gasteiger partial charge in [0.25, 0.3) is 11.8 Å². The van der Waals surface area contributed by atoms with Crippen molar-refractivity contribution in [1.82, 2.24) is 57.5 Å². The predicted molar refractivity (Wildman–Crippen MR) is 476 cm³/mol. The van der Waals surface area contributed by atoms with E-state index in [0.717, 1.165) is 0 Å². The lowest BCUT2D eigenvalue weighted by atomic mass is 9.90. The molecule has 131 heavy (non-hydrogen) atoms. The lowest BCUT2D eigenvalue weighted by molar-refractivity contribution is -0.137. The van der Waals surface area contributed by atoms with Crippen molar-refractivity contribution < 1.29 is 96.3 Å². The number of aromatic hydroxyl groups is 1. The minimum absolute atomic E-state index is 0.000373. The molecular formula is C88H102N22O21. The highest BCUT2D eigenvalue weighted by Crippen LogP contribution is 2.43. The first-order valence-corrected chi connectivity index (χ1v) is 42.6. The van der Waals surface area contributed by atoms with Gasteiger partial charge in [-0.15, -0.1) is 0 Å². The molecule has 12 rings (SSSR count). The van der Waals surface area contributed by atoms with Gasteiger partial charge < -0.3 is 126 Å². The molecule has 6 atom stereocenters. The maximum absolute atomic E-state index is 14.5. The molecule has 5 aromatic carbocycles. The average Bonchev–Trinajstić information content (AvgIpc) is 0.738. The van der Waals surface area contributed by atoms with Crippen LogP contribution in [0.5, 0.6) is 17.2 Å². The fourth-order valence-corrected chi connectivity index (χ4v) is 15.5. The maximum Gasteiger partial charge on any atom is 0.336 e. The van der Waals surface area contributed by atoms with Crippen LogP contribution < -0.4 is 111 Å². The second kappa shape index (κ2) is 43.3. The van der Waals surface area contributed by atoms with Crippen LogP contribution in [0.3, 0.4) is 0 Å². The number of fused-ring (bicyclic) bond motifs is 5. The van der Waals surface area contributed by atoms with Crippen LogP contribution in [-0.2, 0) is 54.6 Å². The second-order valence-electron chi connectivity index (χ2n) is 32.0. The van der Waals surface area contributed by atoms with Gasteiger partial charge in [-0.2, -0.15) is 15.0 Å². The van der Waals surface area contributed by atoms with Crippen molar-refractivity contribution in [3.8, 4) is 39.7 Å². The van der Waals surface area contributed by atoms with E-state index in [1.165, 1.54) is 91.0 Å². The number of guanidine groups is 1. The van der Waals surface area contributed by atoms with Crippen molar-refractivity contribution in [3.63, 3.8) is 0 Å². The number of carboxylic acid groups (broad SMARTS) is 2. The van der Waals surface area contributed by atoms with Crippen LogP contribution in [0.15, 0.2) is 118 Å². The van der Waals surface area contributed by atoms with E-state index >= 15 is 0 Å². The predicted octanol–water partition coefficient (Wildman–Crippen LogP) is 2.69. The molecule has 0 unspecified atom stereocenters. The first kappa shape index (κ1) is 94.5. The summed E-state index contributed by atoms with van der Waals surface area (Å²) in [6.07, 6.45) is 1.36. The monoisotopic (exact) mass is 1800 g/mol. The molecule has 43 nitrogen and oxygen atoms in total. The fourth-order valence-electron chi connectivity index (χ4n) is 15.5. The molecule has 2 saturated heterocycles. The molecule has 0 spiro atoms. The molecule has 6 aromatic rings. The number of aromatic nitrogens is 3. The van der Waals surface area contributed by atoms with Crippen molar-refractivity contribution in [1.29, 1.82) is 5.41 Å². The van der Waals surface area contributed by atoms with E-state index in [-0.39, 0.29) is 212 Å². The highest BCUT2D eigenvalue weighted by Gasteiger charge is 2.37. The van der Waals surface area contributed by atoms with E-state index in [2.05, 4.69) is 63.8 Å². The molecule has 1 aliphatic carbocycles. The molecule has 2 fully saturated rings. The number of anilines is 7. The highest BCUT2D eigenvalue weighted by atomic mass is 16.5. The number of ether oxygens (including phenoxy) is 2. The van der Waals surface area contributed by atoms with Crippen LogP contribution in [0.25, 0.3) is 33.4 Å². The van der Waals surface area contributed by atoms with E-state index in [9.17, 15) is 87.2 Å². The Bertz CT molecular complexity index is 5780. The smallest absolute Gasteiger partial charge is 0.336 e. The van der Waals surface area contributed by atoms with Crippen molar-refractivity contribution in [2.75, 3.05) is 90.0 Å². The number of nitrogens with zero attached hydrogens (tertiary/aromatic N) is 5. The number of benzene rings is 6. The van der Waals surface area contributed by atoms with Gasteiger partial charge in [0.1, 0.15) is 65.4 Å². The Morgan fingerprint density at radius 1 is 0.588 bits per heavy atom. The topological polar surface area (TPSA) is 666 Å². The summed E-state index contributed by atoms with van der Waals surface area (Å²) in [6, 6.07) is 19.0. The number of aromatic carboxylic acids is 1. The zero-order valence-corrected chi connectivity index (χ0v) is 71.5. The molecule has 690 valence electrons. The summed E-state index contributed by atoms with van der Waals surface area (Å²) >= 11 is 0. The van der Waals surface area contributed by atoms with E-state index in [4.69, 9.17) is 57.2 Å². The SMILES string of the molecule is CC[C@H](C)[C@@H]1NC(=O)c2cc(NC(=O)CNC(=O)C3CCN(c4nc(Nc5ccc(-c6c7ccc(=O)cc-7oc7cc(O)ccc67)c(C(=O)O)c5)nc(N5CCC(C(=O)NCC(=O)Nc6ccc7c(c6)C(=O)N[C@@H](CCC(=O)O)C(=O)N[C@@H](CCCCN)C(=O)N[C@H](C(N)=O)CCO7)CC5)n4)CC3)ccc2OCc2ccc(C(N)=O)cc2NC(=O)[C@H](CCCNC(=N)N)NC1=O. The second-order valence-corrected chi connectivity index (χ2v) is 32.0. The molecule has 43 heteroatoms. The van der Waals surface area contributed by atoms with Crippen molar-refractivity contribution in [2.24, 2.45) is 40.7 Å². The fraction of sp³-hybridized carbons (Fsp3) is 0.375. The number of nitrogens with one attached hydrogen (secondary N) is 13. The van der Waals surface area contributed by atoms with Crippen LogP contribution in [-0.4, -0.2) is 208 Å². The van der Waals surface area contributed by atoms with Crippen LogP contribution >= 0.6 is 0 Å². The van der Waals surface area contributed by atoms with Gasteiger partial charge in [0, 0.05) is 120 Å². The highest BCUT2D eigenvalue weighted by molar-refractivity contribution is 6.10. The van der Waals surface area contributed by atoms with E-state index < -0.39 is 157 Å². The Labute approximate surface area is 748 Å². The van der Waals surface area contributed by atoms with E-state index in [1.807, 2.05) is 16.7 Å². The van der Waals surface area contributed by atoms with Crippen LogP contribution in [0.1, 0.15) is 144 Å². The number of hydrogen-bond acceptors (Lipinski definition) is 27. The van der Waals surface area contributed by atoms with Gasteiger partial charge in [0.05, 0.1) is 36.4 Å². The van der Waals surface area contributed by atoms with Crippen LogP contribution in [0.4, 0.5) is 40.6 Å². The number of rotatable bonds is 29. The Kier molecular flexibility index (Phi) is 31.2. The van der Waals surface area contributed by atoms with Crippen molar-refractivity contribution >= 4 is 140 Å². The Hall–Kier alpha value is -15.6. The number of unbranched alkanes of at least 4 members (excludes halogenated alkanes) is 1. The van der Waals surface area contributed by atoms with Gasteiger partial charge in [0.2, 0.25) is 76.9 Å². The lowest BCUT2D eigenvalue weighted by Gasteiger charge is -2.34. The Balaban J connectivity index is 0.730. The Morgan fingerprint density at radius 3 is 1.78 bits per heavy atom. The number of nitrogens with two attached hydrogens (primary N) is 4. The summed E-state index contributed by atoms with van der Waals surface area (Å²) in [5.74, 6) is -13.4. The van der Waals surface area contributed by atoms with E-state index in [1.54, 1.807) is 25.1 Å². The van der Waals surface area contributed by atoms with Crippen molar-refractivity contribution in [3.05, 3.63) is 147 Å². The molecule has 1 aromatic heterocycles. The molecule has 5 aliphatic heterocycles. The molecule has 0 saturated carbocycles. The third-order valence-corrected chi connectivity index (χ3v) is 22.8. The summed E-state index contributed by atoms with van der Waals surface area (Å²) in [5.41, 5.74) is 23.6. The number of hydrogen-bond donors (Lipinski definition) is 20. The number of carbonyl (C=O) groups excluding carboxylic acids is 12. The van der Waals surface area contributed by atoms with Gasteiger partial charge in [-0.25, -0.2) is 4.79 Å². The maximum atomic E-state index is 14.5. The van der Waals surface area contributed by atoms with Gasteiger partial charge in [0.15, 0.2) is 11.4 Å². The van der Waals surface area contributed by atoms with Crippen LogP contribution in [0.2, 0.25) is 0 Å². The lowest BCUT2D eigenvalue weighted by Crippen LogP contribution is -2.56. The summed E-state index contributed by atoms with van der Waals surface area (Å²) in [5, 5.41) is 71.5. The van der Waals surface area contributed by atoms with Crippen LogP contribution in [0, 0.1) is 23.2 Å². The summed E-state index contributed by atoms with van der Waals surface area (Å²) in [7, 11) is 0.